The van der Waals surface area contributed by atoms with E-state index in [-0.39, 0.29) is 42.1 Å². The summed E-state index contributed by atoms with van der Waals surface area (Å²) in [6.07, 6.45) is 3.50. The predicted molar refractivity (Wildman–Crippen MR) is 119 cm³/mol. The van der Waals surface area contributed by atoms with Crippen molar-refractivity contribution in [3.05, 3.63) is 47.4 Å². The number of ether oxygens (including phenoxy) is 2. The van der Waals surface area contributed by atoms with Crippen LogP contribution in [0.25, 0.3) is 0 Å². The number of carbonyl (C=O) groups is 3. The minimum Gasteiger partial charge on any atom is -0.479 e. The molecule has 178 valence electrons. The van der Waals surface area contributed by atoms with E-state index in [2.05, 4.69) is 4.98 Å². The molecule has 9 nitrogen and oxygen atoms in total. The first kappa shape index (κ1) is 22.1. The fourth-order valence-corrected chi connectivity index (χ4v) is 4.04. The van der Waals surface area contributed by atoms with Gasteiger partial charge in [-0.15, -0.1) is 0 Å². The number of fused-ring (bicyclic) bond motifs is 1. The molecule has 3 amide bonds. The zero-order valence-electron chi connectivity index (χ0n) is 19.0. The van der Waals surface area contributed by atoms with Crippen LogP contribution in [0.1, 0.15) is 35.2 Å². The van der Waals surface area contributed by atoms with Crippen LogP contribution in [0.5, 0.6) is 11.6 Å². The number of carbonyl (C=O) groups excluding carboxylic acids is 3. The first-order chi connectivity index (χ1) is 16.3. The lowest BCUT2D eigenvalue weighted by molar-refractivity contribution is -0.129. The Hall–Kier alpha value is -3.69. The summed E-state index contributed by atoms with van der Waals surface area (Å²) in [6.45, 7) is 0.217. The van der Waals surface area contributed by atoms with Gasteiger partial charge in [-0.2, -0.15) is 0 Å². The van der Waals surface area contributed by atoms with Crippen molar-refractivity contribution in [3.8, 4) is 11.6 Å². The highest BCUT2D eigenvalue weighted by Gasteiger charge is 2.37. The standard InChI is InChI=1S/C24H25FN4O5/c1-27(2)22(30)13-28-12-18-17(23(28)31)9-14(10-19(18)25)29-8-7-20(24(29)32)33-16-5-6-21(26-11-16)34-15-3-4-15/h5-6,9-11,15,20H,3-4,7-8,12-13H2,1-2H3/t20-/m1/s1. The minimum atomic E-state index is -0.738. The molecule has 0 N–H and O–H groups in total. The molecule has 34 heavy (non-hydrogen) atoms. The van der Waals surface area contributed by atoms with Crippen molar-refractivity contribution in [2.45, 2.75) is 38.0 Å². The molecular weight excluding hydrogens is 443 g/mol. The molecule has 2 fully saturated rings. The van der Waals surface area contributed by atoms with Crippen LogP contribution in [0.3, 0.4) is 0 Å². The molecule has 2 aliphatic heterocycles. The molecular formula is C24H25FN4O5. The van der Waals surface area contributed by atoms with E-state index in [9.17, 15) is 18.8 Å². The van der Waals surface area contributed by atoms with Crippen LogP contribution in [0, 0.1) is 5.82 Å². The zero-order valence-corrected chi connectivity index (χ0v) is 19.0. The van der Waals surface area contributed by atoms with Crippen LogP contribution in [0.4, 0.5) is 10.1 Å². The first-order valence-electron chi connectivity index (χ1n) is 11.2. The lowest BCUT2D eigenvalue weighted by Crippen LogP contribution is -2.36. The number of pyridine rings is 1. The number of likely N-dealkylation sites (N-methyl/N-ethyl adjacent to an activating group) is 1. The van der Waals surface area contributed by atoms with Gasteiger partial charge in [-0.1, -0.05) is 0 Å². The SMILES string of the molecule is CN(C)C(=O)CN1Cc2c(F)cc(N3CC[C@@H](Oc4ccc(OC5CC5)nc4)C3=O)cc2C1=O. The van der Waals surface area contributed by atoms with Crippen LogP contribution in [0.2, 0.25) is 0 Å². The maximum absolute atomic E-state index is 14.9. The van der Waals surface area contributed by atoms with Crippen molar-refractivity contribution in [2.75, 3.05) is 32.1 Å². The van der Waals surface area contributed by atoms with Crippen molar-refractivity contribution in [1.29, 1.82) is 0 Å². The summed E-state index contributed by atoms with van der Waals surface area (Å²) >= 11 is 0. The monoisotopic (exact) mass is 468 g/mol. The summed E-state index contributed by atoms with van der Waals surface area (Å²) in [7, 11) is 3.19. The summed E-state index contributed by atoms with van der Waals surface area (Å²) in [5.41, 5.74) is 0.710. The Labute approximate surface area is 196 Å². The zero-order chi connectivity index (χ0) is 24.0. The van der Waals surface area contributed by atoms with Gasteiger partial charge in [-0.25, -0.2) is 9.37 Å². The fourth-order valence-electron chi connectivity index (χ4n) is 4.04. The van der Waals surface area contributed by atoms with E-state index in [0.717, 1.165) is 12.8 Å². The first-order valence-corrected chi connectivity index (χ1v) is 11.2. The van der Waals surface area contributed by atoms with Gasteiger partial charge in [0, 0.05) is 49.9 Å². The summed E-state index contributed by atoms with van der Waals surface area (Å²) in [6, 6.07) is 6.19. The minimum absolute atomic E-state index is 0.0208. The Balaban J connectivity index is 1.27. The molecule has 1 aromatic heterocycles. The number of amides is 3. The highest BCUT2D eigenvalue weighted by Crippen LogP contribution is 2.33. The van der Waals surface area contributed by atoms with Gasteiger partial charge in [0.2, 0.25) is 11.8 Å². The van der Waals surface area contributed by atoms with Gasteiger partial charge >= 0.3 is 0 Å². The summed E-state index contributed by atoms with van der Waals surface area (Å²) in [4.78, 5) is 46.1. The number of nitrogens with zero attached hydrogens (tertiary/aromatic N) is 4. The van der Waals surface area contributed by atoms with E-state index in [0.29, 0.717) is 30.3 Å². The maximum atomic E-state index is 14.9. The molecule has 1 atom stereocenters. The van der Waals surface area contributed by atoms with Gasteiger partial charge in [-0.05, 0) is 31.0 Å². The Morgan fingerprint density at radius 3 is 2.65 bits per heavy atom. The summed E-state index contributed by atoms with van der Waals surface area (Å²) in [5.74, 6) is -0.604. The van der Waals surface area contributed by atoms with Crippen molar-refractivity contribution in [1.82, 2.24) is 14.8 Å². The molecule has 1 aromatic carbocycles. The third kappa shape index (κ3) is 4.27. The van der Waals surface area contributed by atoms with Gasteiger partial charge in [-0.3, -0.25) is 14.4 Å². The van der Waals surface area contributed by atoms with E-state index in [1.807, 2.05) is 0 Å². The number of anilines is 1. The van der Waals surface area contributed by atoms with Crippen molar-refractivity contribution in [3.63, 3.8) is 0 Å². The van der Waals surface area contributed by atoms with Gasteiger partial charge in [0.15, 0.2) is 6.10 Å². The van der Waals surface area contributed by atoms with Crippen molar-refractivity contribution >= 4 is 23.4 Å². The maximum Gasteiger partial charge on any atom is 0.268 e. The number of hydrogen-bond donors (Lipinski definition) is 0. The number of aromatic nitrogens is 1. The van der Waals surface area contributed by atoms with Crippen LogP contribution in [0.15, 0.2) is 30.5 Å². The van der Waals surface area contributed by atoms with Gasteiger partial charge in [0.05, 0.1) is 12.7 Å². The lowest BCUT2D eigenvalue weighted by atomic mass is 10.1. The molecule has 0 radical (unpaired) electrons. The van der Waals surface area contributed by atoms with Crippen LogP contribution in [-0.2, 0) is 16.1 Å². The van der Waals surface area contributed by atoms with Gasteiger partial charge in [0.1, 0.15) is 24.2 Å². The second kappa shape index (κ2) is 8.58. The van der Waals surface area contributed by atoms with Crippen molar-refractivity contribution < 1.29 is 28.2 Å². The van der Waals surface area contributed by atoms with Crippen LogP contribution in [-0.4, -0.2) is 71.9 Å². The number of rotatable bonds is 7. The second-order valence-corrected chi connectivity index (χ2v) is 8.94. The number of halogens is 1. The molecule has 3 aliphatic rings. The molecule has 1 saturated heterocycles. The molecule has 1 saturated carbocycles. The molecule has 0 bridgehead atoms. The van der Waals surface area contributed by atoms with Gasteiger partial charge in [0.25, 0.3) is 11.8 Å². The fraction of sp³-hybridized carbons (Fsp3) is 0.417. The van der Waals surface area contributed by atoms with E-state index >= 15 is 0 Å². The Morgan fingerprint density at radius 1 is 1.18 bits per heavy atom. The Morgan fingerprint density at radius 2 is 1.97 bits per heavy atom. The molecule has 1 aliphatic carbocycles. The predicted octanol–water partition coefficient (Wildman–Crippen LogP) is 1.99. The second-order valence-electron chi connectivity index (χ2n) is 8.94. The highest BCUT2D eigenvalue weighted by molar-refractivity contribution is 6.03. The molecule has 3 heterocycles. The average molecular weight is 468 g/mol. The van der Waals surface area contributed by atoms with Crippen molar-refractivity contribution in [2.24, 2.45) is 0 Å². The molecule has 10 heteroatoms. The van der Waals surface area contributed by atoms with Crippen LogP contribution < -0.4 is 14.4 Å². The smallest absolute Gasteiger partial charge is 0.268 e. The molecule has 2 aromatic rings. The largest absolute Gasteiger partial charge is 0.479 e. The summed E-state index contributed by atoms with van der Waals surface area (Å²) < 4.78 is 26.3. The highest BCUT2D eigenvalue weighted by atomic mass is 19.1. The third-order valence-electron chi connectivity index (χ3n) is 6.14. The van der Waals surface area contributed by atoms with E-state index in [1.165, 1.54) is 33.0 Å². The normalized spacial score (nSPS) is 19.4. The third-order valence-corrected chi connectivity index (χ3v) is 6.14. The number of hydrogen-bond acceptors (Lipinski definition) is 6. The summed E-state index contributed by atoms with van der Waals surface area (Å²) in [5, 5.41) is 0. The van der Waals surface area contributed by atoms with E-state index in [1.54, 1.807) is 26.2 Å². The quantitative estimate of drug-likeness (QED) is 0.617. The molecule has 0 unspecified atom stereocenters. The van der Waals surface area contributed by atoms with E-state index in [4.69, 9.17) is 9.47 Å². The number of benzene rings is 1. The molecule has 0 spiro atoms. The average Bonchev–Trinajstić information content (AvgIpc) is 3.48. The topological polar surface area (TPSA) is 92.3 Å². The van der Waals surface area contributed by atoms with Gasteiger partial charge < -0.3 is 24.2 Å². The van der Waals surface area contributed by atoms with E-state index < -0.39 is 17.8 Å². The van der Waals surface area contributed by atoms with Crippen LogP contribution >= 0.6 is 0 Å². The Bertz CT molecular complexity index is 1150. The molecule has 5 rings (SSSR count). The Kier molecular flexibility index (Phi) is 5.59. The lowest BCUT2D eigenvalue weighted by Gasteiger charge is -2.18.